The van der Waals surface area contributed by atoms with Gasteiger partial charge in [-0.2, -0.15) is 0 Å². The molecule has 1 aromatic carbocycles. The quantitative estimate of drug-likeness (QED) is 0.932. The second-order valence-electron chi connectivity index (χ2n) is 5.37. The van der Waals surface area contributed by atoms with E-state index in [4.69, 9.17) is 4.74 Å². The van der Waals surface area contributed by atoms with Crippen LogP contribution in [0.2, 0.25) is 0 Å². The molecule has 0 radical (unpaired) electrons. The molecule has 106 valence electrons. The lowest BCUT2D eigenvalue weighted by molar-refractivity contribution is 0.0488. The third kappa shape index (κ3) is 2.43. The topological polar surface area (TPSA) is 43.3 Å². The first-order chi connectivity index (χ1) is 9.79. The van der Waals surface area contributed by atoms with E-state index in [-0.39, 0.29) is 5.91 Å². The minimum absolute atomic E-state index is 0.0279. The predicted octanol–water partition coefficient (Wildman–Crippen LogP) is 2.43. The SMILES string of the molecule is CNC(=O)c1cn(CC2CCCOC2)c2ccccc12. The summed E-state index contributed by atoms with van der Waals surface area (Å²) < 4.78 is 7.74. The highest BCUT2D eigenvalue weighted by molar-refractivity contribution is 6.06. The summed E-state index contributed by atoms with van der Waals surface area (Å²) in [4.78, 5) is 12.0. The number of hydrogen-bond donors (Lipinski definition) is 1. The van der Waals surface area contributed by atoms with E-state index in [1.807, 2.05) is 24.4 Å². The van der Waals surface area contributed by atoms with E-state index in [1.54, 1.807) is 7.05 Å². The highest BCUT2D eigenvalue weighted by Gasteiger charge is 2.18. The van der Waals surface area contributed by atoms with Crippen molar-refractivity contribution in [1.82, 2.24) is 9.88 Å². The molecule has 20 heavy (non-hydrogen) atoms. The average Bonchev–Trinajstić information content (AvgIpc) is 2.87. The van der Waals surface area contributed by atoms with Crippen molar-refractivity contribution in [3.05, 3.63) is 36.0 Å². The molecule has 1 aliphatic heterocycles. The normalized spacial score (nSPS) is 19.1. The standard InChI is InChI=1S/C16H20N2O2/c1-17-16(19)14-10-18(9-12-5-4-8-20-11-12)15-7-3-2-6-13(14)15/h2-3,6-7,10,12H,4-5,8-9,11H2,1H3,(H,17,19). The van der Waals surface area contributed by atoms with Crippen LogP contribution in [-0.2, 0) is 11.3 Å². The summed E-state index contributed by atoms with van der Waals surface area (Å²) in [6.45, 7) is 2.62. The first-order valence-corrected chi connectivity index (χ1v) is 7.17. The Morgan fingerprint density at radius 2 is 2.30 bits per heavy atom. The molecule has 0 bridgehead atoms. The van der Waals surface area contributed by atoms with Crippen LogP contribution in [0.5, 0.6) is 0 Å². The number of ether oxygens (including phenoxy) is 1. The Hall–Kier alpha value is -1.81. The van der Waals surface area contributed by atoms with Crippen molar-refractivity contribution in [3.63, 3.8) is 0 Å². The molecule has 4 heteroatoms. The number of carbonyl (C=O) groups is 1. The molecule has 0 aliphatic carbocycles. The molecule has 1 atom stereocenters. The number of benzene rings is 1. The maximum atomic E-state index is 12.0. The smallest absolute Gasteiger partial charge is 0.253 e. The molecule has 0 saturated carbocycles. The summed E-state index contributed by atoms with van der Waals surface area (Å²) in [5.41, 5.74) is 1.87. The fourth-order valence-corrected chi connectivity index (χ4v) is 2.94. The van der Waals surface area contributed by atoms with Crippen LogP contribution in [0.25, 0.3) is 10.9 Å². The van der Waals surface area contributed by atoms with Gasteiger partial charge in [-0.1, -0.05) is 18.2 Å². The van der Waals surface area contributed by atoms with Crippen LogP contribution in [0.4, 0.5) is 0 Å². The Morgan fingerprint density at radius 3 is 3.05 bits per heavy atom. The second-order valence-corrected chi connectivity index (χ2v) is 5.37. The lowest BCUT2D eigenvalue weighted by Gasteiger charge is -2.22. The van der Waals surface area contributed by atoms with Gasteiger partial charge in [0.2, 0.25) is 0 Å². The van der Waals surface area contributed by atoms with Gasteiger partial charge in [-0.15, -0.1) is 0 Å². The molecular weight excluding hydrogens is 252 g/mol. The first-order valence-electron chi connectivity index (χ1n) is 7.17. The van der Waals surface area contributed by atoms with Gasteiger partial charge in [-0.3, -0.25) is 4.79 Å². The lowest BCUT2D eigenvalue weighted by Crippen LogP contribution is -2.22. The van der Waals surface area contributed by atoms with Crippen LogP contribution >= 0.6 is 0 Å². The summed E-state index contributed by atoms with van der Waals surface area (Å²) in [5, 5.41) is 3.73. The van der Waals surface area contributed by atoms with Crippen molar-refractivity contribution < 1.29 is 9.53 Å². The molecule has 4 nitrogen and oxygen atoms in total. The largest absolute Gasteiger partial charge is 0.381 e. The molecule has 3 rings (SSSR count). The Balaban J connectivity index is 1.95. The molecule has 2 aromatic rings. The molecule has 1 amide bonds. The van der Waals surface area contributed by atoms with E-state index in [9.17, 15) is 4.79 Å². The van der Waals surface area contributed by atoms with Crippen LogP contribution in [0.15, 0.2) is 30.5 Å². The van der Waals surface area contributed by atoms with Gasteiger partial charge in [-0.25, -0.2) is 0 Å². The number of carbonyl (C=O) groups excluding carboxylic acids is 1. The maximum absolute atomic E-state index is 12.0. The second kappa shape index (κ2) is 5.67. The van der Waals surface area contributed by atoms with Crippen LogP contribution < -0.4 is 5.32 Å². The average molecular weight is 272 g/mol. The fraction of sp³-hybridized carbons (Fsp3) is 0.438. The first kappa shape index (κ1) is 13.2. The van der Waals surface area contributed by atoms with E-state index < -0.39 is 0 Å². The van der Waals surface area contributed by atoms with Crippen molar-refractivity contribution in [2.24, 2.45) is 5.92 Å². The van der Waals surface area contributed by atoms with Crippen molar-refractivity contribution in [2.45, 2.75) is 19.4 Å². The highest BCUT2D eigenvalue weighted by Crippen LogP contribution is 2.24. The number of amides is 1. The van der Waals surface area contributed by atoms with Gasteiger partial charge >= 0.3 is 0 Å². The van der Waals surface area contributed by atoms with Gasteiger partial charge in [0.25, 0.3) is 5.91 Å². The maximum Gasteiger partial charge on any atom is 0.253 e. The van der Waals surface area contributed by atoms with Crippen molar-refractivity contribution in [3.8, 4) is 0 Å². The third-order valence-corrected chi connectivity index (χ3v) is 3.97. The van der Waals surface area contributed by atoms with Gasteiger partial charge in [0.15, 0.2) is 0 Å². The number of nitrogens with zero attached hydrogens (tertiary/aromatic N) is 1. The fourth-order valence-electron chi connectivity index (χ4n) is 2.94. The zero-order valence-electron chi connectivity index (χ0n) is 11.8. The number of hydrogen-bond acceptors (Lipinski definition) is 2. The van der Waals surface area contributed by atoms with Crippen LogP contribution in [-0.4, -0.2) is 30.7 Å². The molecule has 2 heterocycles. The molecular formula is C16H20N2O2. The van der Waals surface area contributed by atoms with Crippen molar-refractivity contribution in [2.75, 3.05) is 20.3 Å². The van der Waals surface area contributed by atoms with Crippen LogP contribution in [0, 0.1) is 5.92 Å². The third-order valence-electron chi connectivity index (χ3n) is 3.97. The summed E-state index contributed by atoms with van der Waals surface area (Å²) >= 11 is 0. The van der Waals surface area contributed by atoms with Gasteiger partial charge in [-0.05, 0) is 18.9 Å². The minimum Gasteiger partial charge on any atom is -0.381 e. The number of para-hydroxylation sites is 1. The molecule has 1 N–H and O–H groups in total. The van der Waals surface area contributed by atoms with Gasteiger partial charge in [0.05, 0.1) is 12.2 Å². The zero-order chi connectivity index (χ0) is 13.9. The molecule has 1 saturated heterocycles. The monoisotopic (exact) mass is 272 g/mol. The van der Waals surface area contributed by atoms with Crippen molar-refractivity contribution in [1.29, 1.82) is 0 Å². The van der Waals surface area contributed by atoms with Crippen molar-refractivity contribution >= 4 is 16.8 Å². The predicted molar refractivity (Wildman–Crippen MR) is 78.9 cm³/mol. The van der Waals surface area contributed by atoms with E-state index in [0.717, 1.165) is 42.6 Å². The molecule has 1 aromatic heterocycles. The van der Waals surface area contributed by atoms with Gasteiger partial charge < -0.3 is 14.6 Å². The molecule has 1 aliphatic rings. The Morgan fingerprint density at radius 1 is 1.45 bits per heavy atom. The minimum atomic E-state index is -0.0279. The van der Waals surface area contributed by atoms with E-state index in [1.165, 1.54) is 6.42 Å². The van der Waals surface area contributed by atoms with Crippen LogP contribution in [0.1, 0.15) is 23.2 Å². The lowest BCUT2D eigenvalue weighted by atomic mass is 10.0. The van der Waals surface area contributed by atoms with E-state index in [2.05, 4.69) is 16.0 Å². The summed E-state index contributed by atoms with van der Waals surface area (Å²) in [7, 11) is 1.67. The Bertz CT molecular complexity index is 612. The number of rotatable bonds is 3. The Labute approximate surface area is 118 Å². The van der Waals surface area contributed by atoms with E-state index >= 15 is 0 Å². The number of nitrogens with one attached hydrogen (secondary N) is 1. The summed E-state index contributed by atoms with van der Waals surface area (Å²) in [6, 6.07) is 8.08. The molecule has 1 unspecified atom stereocenters. The van der Waals surface area contributed by atoms with E-state index in [0.29, 0.717) is 5.92 Å². The summed E-state index contributed by atoms with van der Waals surface area (Å²) in [5.74, 6) is 0.511. The Kier molecular flexibility index (Phi) is 3.74. The highest BCUT2D eigenvalue weighted by atomic mass is 16.5. The molecule has 1 fully saturated rings. The molecule has 0 spiro atoms. The van der Waals surface area contributed by atoms with Crippen LogP contribution in [0.3, 0.4) is 0 Å². The van der Waals surface area contributed by atoms with Gasteiger partial charge in [0.1, 0.15) is 0 Å². The van der Waals surface area contributed by atoms with Gasteiger partial charge in [0, 0.05) is 43.2 Å². The number of fused-ring (bicyclic) bond motifs is 1. The summed E-state index contributed by atoms with van der Waals surface area (Å²) in [6.07, 6.45) is 4.30. The zero-order valence-corrected chi connectivity index (χ0v) is 11.8. The number of aromatic nitrogens is 1.